The van der Waals surface area contributed by atoms with Crippen LogP contribution in [0.15, 0.2) is 59.5 Å². The van der Waals surface area contributed by atoms with Crippen LogP contribution in [0.5, 0.6) is 0 Å². The van der Waals surface area contributed by atoms with E-state index in [9.17, 15) is 13.2 Å². The molecule has 0 radical (unpaired) electrons. The van der Waals surface area contributed by atoms with E-state index in [-0.39, 0.29) is 29.8 Å². The third kappa shape index (κ3) is 3.34. The molecule has 1 aliphatic rings. The van der Waals surface area contributed by atoms with E-state index in [1.807, 2.05) is 31.2 Å². The minimum absolute atomic E-state index is 0.0665. The van der Waals surface area contributed by atoms with Crippen LogP contribution >= 0.6 is 0 Å². The molecular weight excluding hydrogens is 324 g/mol. The van der Waals surface area contributed by atoms with Gasteiger partial charge in [-0.3, -0.25) is 4.79 Å². The summed E-state index contributed by atoms with van der Waals surface area (Å²) in [4.78, 5) is 14.5. The summed E-state index contributed by atoms with van der Waals surface area (Å²) in [6.45, 7) is 2.09. The van der Waals surface area contributed by atoms with Crippen LogP contribution in [0.2, 0.25) is 0 Å². The van der Waals surface area contributed by atoms with Gasteiger partial charge in [0.05, 0.1) is 4.90 Å². The van der Waals surface area contributed by atoms with Crippen molar-refractivity contribution in [2.75, 3.05) is 11.4 Å². The largest absolute Gasteiger partial charge is 0.309 e. The molecule has 6 heteroatoms. The van der Waals surface area contributed by atoms with Crippen LogP contribution in [-0.4, -0.2) is 26.9 Å². The molecule has 1 amide bonds. The highest BCUT2D eigenvalue weighted by Gasteiger charge is 2.30. The van der Waals surface area contributed by atoms with Gasteiger partial charge in [0, 0.05) is 24.7 Å². The Morgan fingerprint density at radius 1 is 1.12 bits per heavy atom. The van der Waals surface area contributed by atoms with E-state index in [2.05, 4.69) is 4.72 Å². The third-order valence-electron chi connectivity index (χ3n) is 4.16. The molecule has 0 saturated carbocycles. The minimum Gasteiger partial charge on any atom is -0.309 e. The van der Waals surface area contributed by atoms with E-state index in [1.165, 1.54) is 12.1 Å². The molecule has 2 aromatic rings. The predicted octanol–water partition coefficient (Wildman–Crippen LogP) is 2.33. The van der Waals surface area contributed by atoms with Gasteiger partial charge in [0.25, 0.3) is 0 Å². The first-order valence-electron chi connectivity index (χ1n) is 7.94. The molecule has 0 aliphatic carbocycles. The molecule has 24 heavy (non-hydrogen) atoms. The zero-order valence-electron chi connectivity index (χ0n) is 13.5. The van der Waals surface area contributed by atoms with Crippen molar-refractivity contribution in [2.45, 2.75) is 30.7 Å². The van der Waals surface area contributed by atoms with E-state index in [1.54, 1.807) is 23.1 Å². The molecule has 1 aliphatic heterocycles. The first-order chi connectivity index (χ1) is 11.5. The third-order valence-corrected chi connectivity index (χ3v) is 5.64. The lowest BCUT2D eigenvalue weighted by molar-refractivity contribution is -0.118. The van der Waals surface area contributed by atoms with Gasteiger partial charge >= 0.3 is 0 Å². The summed E-state index contributed by atoms with van der Waals surface area (Å²) in [6.07, 6.45) is 0.961. The summed E-state index contributed by atoms with van der Waals surface area (Å²) in [6, 6.07) is 16.1. The van der Waals surface area contributed by atoms with Gasteiger partial charge in [0.15, 0.2) is 0 Å². The minimum atomic E-state index is -3.57. The molecule has 1 unspecified atom stereocenters. The summed E-state index contributed by atoms with van der Waals surface area (Å²) in [7, 11) is -3.57. The molecule has 126 valence electrons. The second-order valence-electron chi connectivity index (χ2n) is 5.91. The van der Waals surface area contributed by atoms with Crippen LogP contribution in [-0.2, 0) is 21.2 Å². The smallest absolute Gasteiger partial charge is 0.240 e. The maximum atomic E-state index is 12.5. The number of fused-ring (bicyclic) bond motifs is 1. The van der Waals surface area contributed by atoms with Crippen LogP contribution in [0.25, 0.3) is 0 Å². The van der Waals surface area contributed by atoms with Gasteiger partial charge in [-0.15, -0.1) is 0 Å². The highest BCUT2D eigenvalue weighted by molar-refractivity contribution is 7.89. The van der Waals surface area contributed by atoms with Gasteiger partial charge in [0.2, 0.25) is 15.9 Å². The monoisotopic (exact) mass is 344 g/mol. The van der Waals surface area contributed by atoms with Gasteiger partial charge in [0.1, 0.15) is 0 Å². The Labute approximate surface area is 142 Å². The molecule has 0 bridgehead atoms. The number of nitrogens with zero attached hydrogens (tertiary/aromatic N) is 1. The molecule has 1 atom stereocenters. The number of amides is 1. The van der Waals surface area contributed by atoms with Crippen molar-refractivity contribution >= 4 is 21.6 Å². The Hall–Kier alpha value is -2.18. The molecule has 2 aromatic carbocycles. The lowest BCUT2D eigenvalue weighted by atomic mass is 10.1. The number of nitrogens with one attached hydrogen (secondary N) is 1. The standard InChI is InChI=1S/C18H20N2O3S/c1-14-13-15-7-5-6-10-17(15)20(14)18(21)11-12-19-24(22,23)16-8-3-2-4-9-16/h2-10,14,19H,11-13H2,1H3. The molecule has 0 aromatic heterocycles. The lowest BCUT2D eigenvalue weighted by Gasteiger charge is -2.22. The van der Waals surface area contributed by atoms with Crippen molar-refractivity contribution in [3.05, 3.63) is 60.2 Å². The second kappa shape index (κ2) is 6.75. The Morgan fingerprint density at radius 3 is 2.54 bits per heavy atom. The molecule has 0 spiro atoms. The Bertz CT molecular complexity index is 834. The van der Waals surface area contributed by atoms with Crippen LogP contribution < -0.4 is 9.62 Å². The number of carbonyl (C=O) groups is 1. The van der Waals surface area contributed by atoms with Crippen molar-refractivity contribution in [1.29, 1.82) is 0 Å². The van der Waals surface area contributed by atoms with E-state index in [0.29, 0.717) is 0 Å². The summed E-state index contributed by atoms with van der Waals surface area (Å²) < 4.78 is 26.8. The van der Waals surface area contributed by atoms with Gasteiger partial charge in [-0.1, -0.05) is 36.4 Å². The lowest BCUT2D eigenvalue weighted by Crippen LogP contribution is -2.38. The fraction of sp³-hybridized carbons (Fsp3) is 0.278. The van der Waals surface area contributed by atoms with Crippen molar-refractivity contribution < 1.29 is 13.2 Å². The van der Waals surface area contributed by atoms with E-state index < -0.39 is 10.0 Å². The second-order valence-corrected chi connectivity index (χ2v) is 7.67. The molecule has 0 fully saturated rings. The summed E-state index contributed by atoms with van der Waals surface area (Å²) in [5.74, 6) is -0.0665. The van der Waals surface area contributed by atoms with Crippen LogP contribution in [0.4, 0.5) is 5.69 Å². The van der Waals surface area contributed by atoms with Gasteiger partial charge in [-0.05, 0) is 37.1 Å². The molecule has 1 heterocycles. The molecular formula is C18H20N2O3S. The number of hydrogen-bond donors (Lipinski definition) is 1. The van der Waals surface area contributed by atoms with Crippen LogP contribution in [0, 0.1) is 0 Å². The molecule has 3 rings (SSSR count). The number of sulfonamides is 1. The van der Waals surface area contributed by atoms with E-state index in [4.69, 9.17) is 0 Å². The van der Waals surface area contributed by atoms with Crippen molar-refractivity contribution in [2.24, 2.45) is 0 Å². The summed E-state index contributed by atoms with van der Waals surface area (Å²) in [5.41, 5.74) is 2.09. The van der Waals surface area contributed by atoms with E-state index in [0.717, 1.165) is 17.7 Å². The summed E-state index contributed by atoms with van der Waals surface area (Å²) >= 11 is 0. The Morgan fingerprint density at radius 2 is 1.79 bits per heavy atom. The topological polar surface area (TPSA) is 66.5 Å². The van der Waals surface area contributed by atoms with Crippen LogP contribution in [0.3, 0.4) is 0 Å². The zero-order valence-corrected chi connectivity index (χ0v) is 14.3. The van der Waals surface area contributed by atoms with E-state index >= 15 is 0 Å². The predicted molar refractivity (Wildman–Crippen MR) is 93.3 cm³/mol. The zero-order chi connectivity index (χ0) is 17.2. The maximum absolute atomic E-state index is 12.5. The molecule has 5 nitrogen and oxygen atoms in total. The number of carbonyl (C=O) groups excluding carboxylic acids is 1. The number of rotatable bonds is 5. The highest BCUT2D eigenvalue weighted by atomic mass is 32.2. The normalized spacial score (nSPS) is 16.9. The fourth-order valence-corrected chi connectivity index (χ4v) is 4.09. The van der Waals surface area contributed by atoms with Crippen molar-refractivity contribution in [1.82, 2.24) is 4.72 Å². The van der Waals surface area contributed by atoms with Gasteiger partial charge < -0.3 is 4.90 Å². The number of benzene rings is 2. The summed E-state index contributed by atoms with van der Waals surface area (Å²) in [5, 5.41) is 0. The first-order valence-corrected chi connectivity index (χ1v) is 9.42. The van der Waals surface area contributed by atoms with Crippen molar-refractivity contribution in [3.8, 4) is 0 Å². The van der Waals surface area contributed by atoms with Gasteiger partial charge in [-0.2, -0.15) is 0 Å². The molecule has 1 N–H and O–H groups in total. The molecule has 0 saturated heterocycles. The average molecular weight is 344 g/mol. The first kappa shape index (κ1) is 16.7. The Kier molecular flexibility index (Phi) is 4.69. The maximum Gasteiger partial charge on any atom is 0.240 e. The Balaban J connectivity index is 1.63. The number of para-hydroxylation sites is 1. The quantitative estimate of drug-likeness (QED) is 0.905. The fourth-order valence-electron chi connectivity index (χ4n) is 3.04. The van der Waals surface area contributed by atoms with Crippen molar-refractivity contribution in [3.63, 3.8) is 0 Å². The van der Waals surface area contributed by atoms with Gasteiger partial charge in [-0.25, -0.2) is 13.1 Å². The average Bonchev–Trinajstić information content (AvgIpc) is 2.91. The highest BCUT2D eigenvalue weighted by Crippen LogP contribution is 2.32. The number of hydrogen-bond acceptors (Lipinski definition) is 3. The number of anilines is 1. The van der Waals surface area contributed by atoms with Crippen LogP contribution in [0.1, 0.15) is 18.9 Å². The SMILES string of the molecule is CC1Cc2ccccc2N1C(=O)CCNS(=O)(=O)c1ccccc1.